The molecule has 1 heterocycles. The van der Waals surface area contributed by atoms with Gasteiger partial charge in [0.25, 0.3) is 0 Å². The summed E-state index contributed by atoms with van der Waals surface area (Å²) in [7, 11) is 0. The minimum atomic E-state index is -0.615. The van der Waals surface area contributed by atoms with Crippen LogP contribution in [0.1, 0.15) is 19.8 Å². The van der Waals surface area contributed by atoms with Crippen LogP contribution >= 0.6 is 31.9 Å². The maximum atomic E-state index is 11.7. The number of esters is 2. The lowest BCUT2D eigenvalue weighted by Crippen LogP contribution is -2.27. The summed E-state index contributed by atoms with van der Waals surface area (Å²) in [6.45, 7) is 1.72. The van der Waals surface area contributed by atoms with Crippen LogP contribution in [0.15, 0.2) is 20.8 Å². The second-order valence-corrected chi connectivity index (χ2v) is 6.24. The van der Waals surface area contributed by atoms with Gasteiger partial charge in [-0.2, -0.15) is 0 Å². The summed E-state index contributed by atoms with van der Waals surface area (Å²) >= 11 is 6.31. The molecule has 18 heavy (non-hydrogen) atoms. The van der Waals surface area contributed by atoms with Crippen LogP contribution in [-0.2, 0) is 19.1 Å². The number of nitrogens with two attached hydrogens (primary N) is 1. The van der Waals surface area contributed by atoms with Crippen LogP contribution in [0.5, 0.6) is 0 Å². The van der Waals surface area contributed by atoms with Gasteiger partial charge in [-0.05, 0) is 44.4 Å². The molecule has 0 radical (unpaired) electrons. The van der Waals surface area contributed by atoms with E-state index in [0.717, 1.165) is 6.42 Å². The predicted molar refractivity (Wildman–Crippen MR) is 72.9 cm³/mol. The van der Waals surface area contributed by atoms with Crippen LogP contribution < -0.4 is 5.73 Å². The lowest BCUT2D eigenvalue weighted by molar-refractivity contribution is -0.147. The van der Waals surface area contributed by atoms with Gasteiger partial charge in [0.2, 0.25) is 0 Å². The van der Waals surface area contributed by atoms with Gasteiger partial charge in [-0.15, -0.1) is 0 Å². The maximum Gasteiger partial charge on any atom is 0.343 e. The largest absolute Gasteiger partial charge is 0.456 e. The number of allylic oxidation sites excluding steroid dienone is 1. The highest BCUT2D eigenvalue weighted by Gasteiger charge is 2.31. The zero-order chi connectivity index (χ0) is 13.7. The fraction of sp³-hybridized carbons (Fsp3) is 0.455. The molecule has 1 aliphatic rings. The highest BCUT2D eigenvalue weighted by Crippen LogP contribution is 2.30. The second-order valence-electron chi connectivity index (χ2n) is 3.59. The first-order valence-corrected chi connectivity index (χ1v) is 6.96. The molecule has 0 amide bonds. The van der Waals surface area contributed by atoms with Crippen LogP contribution in [0, 0.1) is 0 Å². The summed E-state index contributed by atoms with van der Waals surface area (Å²) in [4.78, 5) is 22.9. The van der Waals surface area contributed by atoms with Gasteiger partial charge in [0.15, 0.2) is 5.76 Å². The van der Waals surface area contributed by atoms with Crippen molar-refractivity contribution in [3.05, 3.63) is 20.8 Å². The van der Waals surface area contributed by atoms with Gasteiger partial charge in [0, 0.05) is 0 Å². The molecular formula is C11H13Br2NO4. The number of cyclic esters (lactones) is 1. The molecule has 100 valence electrons. The Balaban J connectivity index is 2.92. The highest BCUT2D eigenvalue weighted by molar-refractivity contribution is 9.28. The Labute approximate surface area is 122 Å². The minimum Gasteiger partial charge on any atom is -0.456 e. The van der Waals surface area contributed by atoms with E-state index in [1.54, 1.807) is 6.08 Å². The topological polar surface area (TPSA) is 78.6 Å². The summed E-state index contributed by atoms with van der Waals surface area (Å²) in [5.41, 5.74) is 5.51. The summed E-state index contributed by atoms with van der Waals surface area (Å²) in [6, 6.07) is 0. The third-order valence-electron chi connectivity index (χ3n) is 2.25. The molecule has 1 atom stereocenters. The Hall–Kier alpha value is -0.660. The zero-order valence-electron chi connectivity index (χ0n) is 9.74. The molecule has 0 aromatic carbocycles. The fourth-order valence-corrected chi connectivity index (χ4v) is 1.84. The van der Waals surface area contributed by atoms with Crippen molar-refractivity contribution in [2.24, 2.45) is 5.73 Å². The van der Waals surface area contributed by atoms with E-state index in [0.29, 0.717) is 21.1 Å². The smallest absolute Gasteiger partial charge is 0.343 e. The number of hydrogen-bond donors (Lipinski definition) is 1. The highest BCUT2D eigenvalue weighted by atomic mass is 79.9. The first kappa shape index (κ1) is 15.4. The van der Waals surface area contributed by atoms with Crippen molar-refractivity contribution < 1.29 is 19.1 Å². The van der Waals surface area contributed by atoms with E-state index in [-0.39, 0.29) is 6.54 Å². The number of hydrogen-bond acceptors (Lipinski definition) is 5. The second kappa shape index (κ2) is 7.06. The number of carbonyl (C=O) groups is 2. The van der Waals surface area contributed by atoms with Gasteiger partial charge in [-0.3, -0.25) is 4.79 Å². The molecule has 1 rings (SSSR count). The van der Waals surface area contributed by atoms with E-state index in [9.17, 15) is 9.59 Å². The van der Waals surface area contributed by atoms with E-state index in [1.165, 1.54) is 0 Å². The molecule has 0 fully saturated rings. The van der Waals surface area contributed by atoms with Gasteiger partial charge in [-0.25, -0.2) is 4.79 Å². The maximum absolute atomic E-state index is 11.7. The third-order valence-corrected chi connectivity index (χ3v) is 3.03. The number of ether oxygens (including phenoxy) is 2. The Morgan fingerprint density at radius 1 is 1.56 bits per heavy atom. The molecule has 7 heteroatoms. The molecule has 1 aliphatic heterocycles. The molecule has 0 saturated carbocycles. The average molecular weight is 383 g/mol. The summed E-state index contributed by atoms with van der Waals surface area (Å²) in [5.74, 6) is -0.693. The van der Waals surface area contributed by atoms with Crippen LogP contribution in [0.25, 0.3) is 0 Å². The first-order valence-electron chi connectivity index (χ1n) is 5.38. The fourth-order valence-electron chi connectivity index (χ4n) is 1.45. The molecule has 2 N–H and O–H groups in total. The molecule has 0 aromatic rings. The quantitative estimate of drug-likeness (QED) is 0.736. The van der Waals surface area contributed by atoms with Gasteiger partial charge < -0.3 is 15.2 Å². The monoisotopic (exact) mass is 381 g/mol. The first-order chi connectivity index (χ1) is 8.49. The number of carbonyl (C=O) groups excluding carboxylic acids is 2. The van der Waals surface area contributed by atoms with E-state index in [1.807, 2.05) is 6.92 Å². The van der Waals surface area contributed by atoms with Crippen LogP contribution in [-0.4, -0.2) is 24.6 Å². The molecule has 0 bridgehead atoms. The molecule has 5 nitrogen and oxygen atoms in total. The lowest BCUT2D eigenvalue weighted by Gasteiger charge is -2.15. The SMILES string of the molecule is CCCC(OC(=O)CN)C1=CC(=C(Br)Br)OC1=O. The molecule has 0 spiro atoms. The van der Waals surface area contributed by atoms with Crippen molar-refractivity contribution in [1.29, 1.82) is 0 Å². The Kier molecular flexibility index (Phi) is 6.04. The van der Waals surface area contributed by atoms with Gasteiger partial charge in [-0.1, -0.05) is 13.3 Å². The molecule has 0 saturated heterocycles. The predicted octanol–water partition coefficient (Wildman–Crippen LogP) is 2.10. The zero-order valence-corrected chi connectivity index (χ0v) is 12.9. The van der Waals surface area contributed by atoms with Crippen molar-refractivity contribution in [2.45, 2.75) is 25.9 Å². The molecule has 0 aromatic heterocycles. The van der Waals surface area contributed by atoms with Crippen LogP contribution in [0.2, 0.25) is 0 Å². The van der Waals surface area contributed by atoms with Crippen LogP contribution in [0.4, 0.5) is 0 Å². The summed E-state index contributed by atoms with van der Waals surface area (Å²) in [6.07, 6.45) is 2.24. The van der Waals surface area contributed by atoms with Gasteiger partial charge >= 0.3 is 11.9 Å². The van der Waals surface area contributed by atoms with E-state index in [2.05, 4.69) is 31.9 Å². The average Bonchev–Trinajstić information content (AvgIpc) is 2.70. The summed E-state index contributed by atoms with van der Waals surface area (Å²) in [5, 5.41) is 0. The molecular weight excluding hydrogens is 370 g/mol. The van der Waals surface area contributed by atoms with Crippen molar-refractivity contribution in [1.82, 2.24) is 0 Å². The van der Waals surface area contributed by atoms with Crippen molar-refractivity contribution in [3.63, 3.8) is 0 Å². The lowest BCUT2D eigenvalue weighted by atomic mass is 10.1. The molecule has 1 unspecified atom stereocenters. The van der Waals surface area contributed by atoms with Crippen LogP contribution in [0.3, 0.4) is 0 Å². The Morgan fingerprint density at radius 3 is 2.67 bits per heavy atom. The Bertz CT molecular complexity index is 413. The van der Waals surface area contributed by atoms with E-state index in [4.69, 9.17) is 15.2 Å². The number of rotatable bonds is 5. The van der Waals surface area contributed by atoms with Crippen molar-refractivity contribution >= 4 is 43.8 Å². The van der Waals surface area contributed by atoms with E-state index < -0.39 is 18.0 Å². The van der Waals surface area contributed by atoms with Gasteiger partial charge in [0.1, 0.15) is 9.50 Å². The molecule has 0 aliphatic carbocycles. The van der Waals surface area contributed by atoms with E-state index >= 15 is 0 Å². The third kappa shape index (κ3) is 3.93. The standard InChI is InChI=1S/C11H13Br2NO4/c1-2-3-7(17-9(15)5-14)6-4-8(10(12)13)18-11(6)16/h4,7H,2-3,5,14H2,1H3. The van der Waals surface area contributed by atoms with Gasteiger partial charge in [0.05, 0.1) is 12.1 Å². The summed E-state index contributed by atoms with van der Waals surface area (Å²) < 4.78 is 10.7. The minimum absolute atomic E-state index is 0.215. The normalized spacial score (nSPS) is 16.1. The Morgan fingerprint density at radius 2 is 2.22 bits per heavy atom. The van der Waals surface area contributed by atoms with Crippen molar-refractivity contribution in [2.75, 3.05) is 6.54 Å². The number of halogens is 2. The van der Waals surface area contributed by atoms with Crippen molar-refractivity contribution in [3.8, 4) is 0 Å².